The molecular formula is C25H25N3O4. The number of nitrogens with one attached hydrogen (secondary N) is 2. The largest absolute Gasteiger partial charge is 0.459 e. The van der Waals surface area contributed by atoms with Crippen molar-refractivity contribution in [1.82, 2.24) is 10.2 Å². The van der Waals surface area contributed by atoms with Crippen molar-refractivity contribution in [2.24, 2.45) is 0 Å². The van der Waals surface area contributed by atoms with E-state index in [0.717, 1.165) is 16.7 Å². The van der Waals surface area contributed by atoms with E-state index in [-0.39, 0.29) is 29.5 Å². The maximum atomic E-state index is 13.3. The van der Waals surface area contributed by atoms with E-state index in [0.29, 0.717) is 18.7 Å². The molecule has 164 valence electrons. The second kappa shape index (κ2) is 9.09. The lowest BCUT2D eigenvalue weighted by molar-refractivity contribution is -0.126. The maximum Gasteiger partial charge on any atom is 0.290 e. The summed E-state index contributed by atoms with van der Waals surface area (Å²) >= 11 is 0. The Morgan fingerprint density at radius 2 is 1.81 bits per heavy atom. The molecule has 2 unspecified atom stereocenters. The van der Waals surface area contributed by atoms with Crippen LogP contribution < -0.4 is 10.6 Å². The van der Waals surface area contributed by atoms with Crippen LogP contribution in [0.4, 0.5) is 5.69 Å². The number of furan rings is 1. The molecule has 3 amide bonds. The molecule has 7 nitrogen and oxygen atoms in total. The van der Waals surface area contributed by atoms with Gasteiger partial charge < -0.3 is 20.0 Å². The summed E-state index contributed by atoms with van der Waals surface area (Å²) in [6, 6.07) is 17.5. The van der Waals surface area contributed by atoms with Gasteiger partial charge in [-0.3, -0.25) is 14.4 Å². The molecule has 0 saturated heterocycles. The number of hydrogen-bond donors (Lipinski definition) is 2. The monoisotopic (exact) mass is 431 g/mol. The molecule has 0 aliphatic carbocycles. The number of anilines is 1. The number of nitrogens with zero attached hydrogens (tertiary/aromatic N) is 1. The van der Waals surface area contributed by atoms with E-state index < -0.39 is 6.04 Å². The summed E-state index contributed by atoms with van der Waals surface area (Å²) in [6.45, 7) is 3.66. The van der Waals surface area contributed by atoms with Crippen molar-refractivity contribution >= 4 is 23.4 Å². The lowest BCUT2D eigenvalue weighted by atomic mass is 9.93. The van der Waals surface area contributed by atoms with Crippen LogP contribution in [0, 0.1) is 0 Å². The van der Waals surface area contributed by atoms with Crippen LogP contribution in [0.5, 0.6) is 0 Å². The van der Waals surface area contributed by atoms with Gasteiger partial charge in [-0.25, -0.2) is 0 Å². The number of hydrogen-bond acceptors (Lipinski definition) is 4. The second-order valence-corrected chi connectivity index (χ2v) is 7.94. The van der Waals surface area contributed by atoms with Crippen LogP contribution in [0.3, 0.4) is 0 Å². The molecule has 4 rings (SSSR count). The van der Waals surface area contributed by atoms with Crippen LogP contribution in [-0.4, -0.2) is 28.7 Å². The van der Waals surface area contributed by atoms with Crippen molar-refractivity contribution in [3.8, 4) is 0 Å². The highest BCUT2D eigenvalue weighted by Gasteiger charge is 2.36. The first kappa shape index (κ1) is 21.4. The van der Waals surface area contributed by atoms with Gasteiger partial charge >= 0.3 is 0 Å². The molecule has 0 bridgehead atoms. The molecular weight excluding hydrogens is 406 g/mol. The minimum Gasteiger partial charge on any atom is -0.459 e. The third-order valence-electron chi connectivity index (χ3n) is 5.61. The molecule has 0 fully saturated rings. The Hall–Kier alpha value is -3.87. The first-order valence-corrected chi connectivity index (χ1v) is 10.5. The first-order valence-electron chi connectivity index (χ1n) is 10.5. The minimum atomic E-state index is -0.663. The van der Waals surface area contributed by atoms with Gasteiger partial charge in [0.2, 0.25) is 11.8 Å². The van der Waals surface area contributed by atoms with Gasteiger partial charge in [0.15, 0.2) is 5.76 Å². The summed E-state index contributed by atoms with van der Waals surface area (Å²) in [7, 11) is 0. The van der Waals surface area contributed by atoms with Gasteiger partial charge in [-0.15, -0.1) is 0 Å². The first-order chi connectivity index (χ1) is 15.4. The maximum absolute atomic E-state index is 13.3. The van der Waals surface area contributed by atoms with Crippen molar-refractivity contribution < 1.29 is 18.8 Å². The van der Waals surface area contributed by atoms with Gasteiger partial charge in [0.25, 0.3) is 5.91 Å². The highest BCUT2D eigenvalue weighted by Crippen LogP contribution is 2.26. The molecule has 1 aliphatic rings. The van der Waals surface area contributed by atoms with Gasteiger partial charge in [0.1, 0.15) is 6.04 Å². The molecule has 32 heavy (non-hydrogen) atoms. The Kier molecular flexibility index (Phi) is 6.07. The Balaban J connectivity index is 1.56. The van der Waals surface area contributed by atoms with Crippen LogP contribution in [0.25, 0.3) is 0 Å². The van der Waals surface area contributed by atoms with Gasteiger partial charge in [-0.2, -0.15) is 0 Å². The smallest absolute Gasteiger partial charge is 0.290 e. The van der Waals surface area contributed by atoms with Crippen LogP contribution >= 0.6 is 0 Å². The highest BCUT2D eigenvalue weighted by atomic mass is 16.3. The summed E-state index contributed by atoms with van der Waals surface area (Å²) in [5.74, 6) is -0.508. The zero-order valence-electron chi connectivity index (χ0n) is 18.0. The van der Waals surface area contributed by atoms with E-state index in [1.807, 2.05) is 49.4 Å². The zero-order chi connectivity index (χ0) is 22.7. The molecule has 0 radical (unpaired) electrons. The normalized spacial score (nSPS) is 16.1. The zero-order valence-corrected chi connectivity index (χ0v) is 18.0. The fourth-order valence-corrected chi connectivity index (χ4v) is 3.99. The summed E-state index contributed by atoms with van der Waals surface area (Å²) in [5.41, 5.74) is 3.59. The summed E-state index contributed by atoms with van der Waals surface area (Å²) in [4.78, 5) is 39.4. The van der Waals surface area contributed by atoms with Crippen molar-refractivity contribution in [3.63, 3.8) is 0 Å². The molecule has 0 spiro atoms. The van der Waals surface area contributed by atoms with E-state index in [1.165, 1.54) is 13.2 Å². The number of benzene rings is 2. The van der Waals surface area contributed by atoms with Crippen molar-refractivity contribution in [3.05, 3.63) is 89.4 Å². The third-order valence-corrected chi connectivity index (χ3v) is 5.61. The molecule has 2 N–H and O–H groups in total. The fraction of sp³-hybridized carbons (Fsp3) is 0.240. The van der Waals surface area contributed by atoms with E-state index in [2.05, 4.69) is 10.6 Å². The van der Waals surface area contributed by atoms with Crippen LogP contribution in [0.1, 0.15) is 47.1 Å². The third kappa shape index (κ3) is 4.56. The van der Waals surface area contributed by atoms with E-state index in [1.54, 1.807) is 23.1 Å². The molecule has 0 saturated carbocycles. The summed E-state index contributed by atoms with van der Waals surface area (Å²) in [6.07, 6.45) is 1.87. The fourth-order valence-electron chi connectivity index (χ4n) is 3.99. The molecule has 1 aliphatic heterocycles. The van der Waals surface area contributed by atoms with E-state index in [9.17, 15) is 14.4 Å². The number of rotatable bonds is 5. The number of carbonyl (C=O) groups is 3. The van der Waals surface area contributed by atoms with Crippen LogP contribution in [-0.2, 0) is 22.6 Å². The number of amides is 3. The van der Waals surface area contributed by atoms with Gasteiger partial charge in [0, 0.05) is 25.6 Å². The Labute approximate surface area is 186 Å². The molecule has 3 aromatic rings. The Bertz CT molecular complexity index is 1140. The van der Waals surface area contributed by atoms with Gasteiger partial charge in [0.05, 0.1) is 12.3 Å². The highest BCUT2D eigenvalue weighted by molar-refractivity contribution is 5.96. The average molecular weight is 431 g/mol. The topological polar surface area (TPSA) is 91.7 Å². The van der Waals surface area contributed by atoms with Crippen molar-refractivity contribution in [2.75, 3.05) is 5.32 Å². The lowest BCUT2D eigenvalue weighted by Gasteiger charge is -2.36. The predicted molar refractivity (Wildman–Crippen MR) is 120 cm³/mol. The molecule has 1 aromatic heterocycles. The van der Waals surface area contributed by atoms with Crippen LogP contribution in [0.15, 0.2) is 71.3 Å². The molecule has 2 aromatic carbocycles. The number of fused-ring (bicyclic) bond motifs is 1. The van der Waals surface area contributed by atoms with Crippen molar-refractivity contribution in [2.45, 2.75) is 38.9 Å². The van der Waals surface area contributed by atoms with Gasteiger partial charge in [-0.05, 0) is 47.9 Å². The van der Waals surface area contributed by atoms with Crippen LogP contribution in [0.2, 0.25) is 0 Å². The van der Waals surface area contributed by atoms with Gasteiger partial charge in [-0.1, -0.05) is 36.4 Å². The minimum absolute atomic E-state index is 0.160. The van der Waals surface area contributed by atoms with E-state index >= 15 is 0 Å². The Morgan fingerprint density at radius 1 is 1.03 bits per heavy atom. The predicted octanol–water partition coefficient (Wildman–Crippen LogP) is 3.68. The summed E-state index contributed by atoms with van der Waals surface area (Å²) in [5, 5.41) is 5.78. The number of carbonyl (C=O) groups excluding carboxylic acids is 3. The Morgan fingerprint density at radius 3 is 2.53 bits per heavy atom. The average Bonchev–Trinajstić information content (AvgIpc) is 3.32. The second-order valence-electron chi connectivity index (χ2n) is 7.94. The summed E-state index contributed by atoms with van der Waals surface area (Å²) < 4.78 is 5.30. The molecule has 7 heteroatoms. The van der Waals surface area contributed by atoms with E-state index in [4.69, 9.17) is 4.42 Å². The molecule has 2 atom stereocenters. The molecule has 2 heterocycles. The quantitative estimate of drug-likeness (QED) is 0.645. The van der Waals surface area contributed by atoms with Crippen molar-refractivity contribution in [1.29, 1.82) is 0 Å². The standard InChI is InChI=1S/C25H25N3O4/c1-16(18-9-5-10-21(13-18)27-17(2)29)26-24(30)22-14-19-7-3-4-8-20(19)15-28(22)25(31)23-11-6-12-32-23/h3-13,16,22H,14-15H2,1-2H3,(H,26,30)(H,27,29). The SMILES string of the molecule is CC(=O)Nc1cccc(C(C)NC(=O)C2Cc3ccccc3CN2C(=O)c2ccco2)c1. The lowest BCUT2D eigenvalue weighted by Crippen LogP contribution is -2.52.